The van der Waals surface area contributed by atoms with Crippen LogP contribution in [0.5, 0.6) is 0 Å². The summed E-state index contributed by atoms with van der Waals surface area (Å²) in [6.45, 7) is 6.14. The summed E-state index contributed by atoms with van der Waals surface area (Å²) in [5, 5.41) is 6.93. The van der Waals surface area contributed by atoms with Gasteiger partial charge in [0.05, 0.1) is 11.4 Å². The fourth-order valence-electron chi connectivity index (χ4n) is 4.25. The number of ketones is 1. The number of aryl methyl sites for hydroxylation is 1. The molecule has 162 valence electrons. The van der Waals surface area contributed by atoms with Crippen LogP contribution < -0.4 is 5.32 Å². The highest BCUT2D eigenvalue weighted by Gasteiger charge is 2.27. The molecule has 1 amide bonds. The standard InChI is InChI=1S/C24H23N5O3/c1-12-4-6-17-16(14(12)3)9-18(27-17)19-10-21(32-29-19)13(2)8-20(30)23-15-5-7-22(31)28-24(15)26-11-25-23/h4,6,10-11,13H,5,7-9H2,1-3H3,(H,25,26,28,31)/t13-/m0/s1. The van der Waals surface area contributed by atoms with E-state index in [1.807, 2.05) is 19.1 Å². The summed E-state index contributed by atoms with van der Waals surface area (Å²) in [4.78, 5) is 37.6. The SMILES string of the molecule is Cc1ccc2c(c1C)CC(c1cc([C@@H](C)CC(=O)c3ncnc4c3CCC(=O)N4)on1)=N2. The number of amides is 1. The first-order valence-corrected chi connectivity index (χ1v) is 10.7. The second-order valence-electron chi connectivity index (χ2n) is 8.48. The molecule has 2 aliphatic rings. The van der Waals surface area contributed by atoms with Gasteiger partial charge in [0.1, 0.15) is 29.3 Å². The first-order valence-electron chi connectivity index (χ1n) is 10.7. The number of anilines is 1. The van der Waals surface area contributed by atoms with Crippen LogP contribution in [0.2, 0.25) is 0 Å². The van der Waals surface area contributed by atoms with Crippen LogP contribution in [0.25, 0.3) is 0 Å². The smallest absolute Gasteiger partial charge is 0.225 e. The van der Waals surface area contributed by atoms with E-state index in [-0.39, 0.29) is 24.0 Å². The average Bonchev–Trinajstić information content (AvgIpc) is 3.43. The first-order chi connectivity index (χ1) is 15.4. The van der Waals surface area contributed by atoms with E-state index < -0.39 is 0 Å². The van der Waals surface area contributed by atoms with Crippen LogP contribution in [0.15, 0.2) is 34.0 Å². The van der Waals surface area contributed by atoms with E-state index in [0.717, 1.165) is 17.8 Å². The molecule has 0 aliphatic carbocycles. The van der Waals surface area contributed by atoms with Crippen LogP contribution in [0, 0.1) is 13.8 Å². The third kappa shape index (κ3) is 3.51. The number of hydrogen-bond donors (Lipinski definition) is 1. The maximum Gasteiger partial charge on any atom is 0.225 e. The Morgan fingerprint density at radius 2 is 2.03 bits per heavy atom. The topological polar surface area (TPSA) is 110 Å². The molecule has 3 aromatic rings. The Morgan fingerprint density at radius 3 is 2.88 bits per heavy atom. The van der Waals surface area contributed by atoms with Crippen molar-refractivity contribution >= 4 is 28.9 Å². The van der Waals surface area contributed by atoms with Gasteiger partial charge in [0.25, 0.3) is 0 Å². The van der Waals surface area contributed by atoms with Crippen molar-refractivity contribution in [3.05, 3.63) is 63.9 Å². The lowest BCUT2D eigenvalue weighted by molar-refractivity contribution is -0.116. The van der Waals surface area contributed by atoms with E-state index >= 15 is 0 Å². The average molecular weight is 429 g/mol. The molecular weight excluding hydrogens is 406 g/mol. The molecule has 0 radical (unpaired) electrons. The quantitative estimate of drug-likeness (QED) is 0.614. The van der Waals surface area contributed by atoms with Gasteiger partial charge >= 0.3 is 0 Å². The van der Waals surface area contributed by atoms with Gasteiger partial charge in [-0.25, -0.2) is 9.97 Å². The molecule has 1 N–H and O–H groups in total. The lowest BCUT2D eigenvalue weighted by Crippen LogP contribution is -2.23. The molecule has 0 saturated heterocycles. The number of nitrogens with zero attached hydrogens (tertiary/aromatic N) is 4. The van der Waals surface area contributed by atoms with E-state index in [2.05, 4.69) is 40.4 Å². The summed E-state index contributed by atoms with van der Waals surface area (Å²) in [5.74, 6) is 0.678. The zero-order chi connectivity index (χ0) is 22.4. The van der Waals surface area contributed by atoms with Crippen molar-refractivity contribution < 1.29 is 14.1 Å². The highest BCUT2D eigenvalue weighted by Crippen LogP contribution is 2.33. The number of benzene rings is 1. The molecular formula is C24H23N5O3. The maximum atomic E-state index is 13.0. The van der Waals surface area contributed by atoms with Gasteiger partial charge in [-0.2, -0.15) is 0 Å². The van der Waals surface area contributed by atoms with Crippen molar-refractivity contribution in [2.24, 2.45) is 4.99 Å². The summed E-state index contributed by atoms with van der Waals surface area (Å²) < 4.78 is 5.58. The number of fused-ring (bicyclic) bond motifs is 2. The van der Waals surface area contributed by atoms with Gasteiger partial charge in [0.15, 0.2) is 5.78 Å². The summed E-state index contributed by atoms with van der Waals surface area (Å²) >= 11 is 0. The molecule has 5 rings (SSSR count). The van der Waals surface area contributed by atoms with Crippen molar-refractivity contribution in [3.63, 3.8) is 0 Å². The molecule has 4 heterocycles. The lowest BCUT2D eigenvalue weighted by Gasteiger charge is -2.17. The molecule has 2 aliphatic heterocycles. The van der Waals surface area contributed by atoms with Crippen LogP contribution in [-0.2, 0) is 17.6 Å². The number of Topliss-reactive ketones (excluding diaryl/α,β-unsaturated/α-hetero) is 1. The van der Waals surface area contributed by atoms with Crippen LogP contribution in [0.4, 0.5) is 11.5 Å². The van der Waals surface area contributed by atoms with Gasteiger partial charge in [-0.1, -0.05) is 18.1 Å². The van der Waals surface area contributed by atoms with E-state index in [1.165, 1.54) is 23.0 Å². The monoisotopic (exact) mass is 429 g/mol. The molecule has 2 aromatic heterocycles. The zero-order valence-electron chi connectivity index (χ0n) is 18.2. The third-order valence-corrected chi connectivity index (χ3v) is 6.31. The summed E-state index contributed by atoms with van der Waals surface area (Å²) in [6, 6.07) is 6.00. The van der Waals surface area contributed by atoms with Crippen molar-refractivity contribution in [3.8, 4) is 0 Å². The Hall–Kier alpha value is -3.68. The number of hydrogen-bond acceptors (Lipinski definition) is 7. The normalized spacial score (nSPS) is 15.6. The highest BCUT2D eigenvalue weighted by molar-refractivity contribution is 6.05. The van der Waals surface area contributed by atoms with Crippen molar-refractivity contribution in [2.45, 2.75) is 52.4 Å². The molecule has 0 bridgehead atoms. The van der Waals surface area contributed by atoms with Gasteiger partial charge in [-0.3, -0.25) is 14.6 Å². The number of carbonyl (C=O) groups is 2. The predicted octanol–water partition coefficient (Wildman–Crippen LogP) is 4.02. The summed E-state index contributed by atoms with van der Waals surface area (Å²) in [6.07, 6.45) is 3.04. The van der Waals surface area contributed by atoms with Crippen LogP contribution in [0.3, 0.4) is 0 Å². The zero-order valence-corrected chi connectivity index (χ0v) is 18.2. The maximum absolute atomic E-state index is 13.0. The third-order valence-electron chi connectivity index (χ3n) is 6.31. The minimum Gasteiger partial charge on any atom is -0.360 e. The predicted molar refractivity (Wildman–Crippen MR) is 119 cm³/mol. The Balaban J connectivity index is 1.32. The molecule has 1 aromatic carbocycles. The Labute approximate surface area is 185 Å². The van der Waals surface area contributed by atoms with Crippen LogP contribution in [0.1, 0.15) is 69.9 Å². The minimum atomic E-state index is -0.180. The van der Waals surface area contributed by atoms with Gasteiger partial charge in [-0.05, 0) is 43.0 Å². The molecule has 0 unspecified atom stereocenters. The number of aliphatic imine (C=N–C) groups is 1. The number of nitrogens with one attached hydrogen (secondary N) is 1. The second-order valence-corrected chi connectivity index (χ2v) is 8.48. The fourth-order valence-corrected chi connectivity index (χ4v) is 4.25. The molecule has 32 heavy (non-hydrogen) atoms. The van der Waals surface area contributed by atoms with Crippen molar-refractivity contribution in [1.29, 1.82) is 0 Å². The van der Waals surface area contributed by atoms with Crippen molar-refractivity contribution in [2.75, 3.05) is 5.32 Å². The highest BCUT2D eigenvalue weighted by atomic mass is 16.5. The lowest BCUT2D eigenvalue weighted by atomic mass is 9.95. The van der Waals surface area contributed by atoms with Gasteiger partial charge in [-0.15, -0.1) is 0 Å². The fraction of sp³-hybridized carbons (Fsp3) is 0.333. The second kappa shape index (κ2) is 7.78. The molecule has 8 nitrogen and oxygen atoms in total. The molecule has 1 atom stereocenters. The van der Waals surface area contributed by atoms with Gasteiger partial charge in [0, 0.05) is 36.8 Å². The van der Waals surface area contributed by atoms with Gasteiger partial charge < -0.3 is 9.84 Å². The molecule has 8 heteroatoms. The minimum absolute atomic E-state index is 0.0977. The Bertz CT molecular complexity index is 1290. The first kappa shape index (κ1) is 20.2. The van der Waals surface area contributed by atoms with E-state index in [9.17, 15) is 9.59 Å². The number of rotatable bonds is 5. The van der Waals surface area contributed by atoms with E-state index in [4.69, 9.17) is 9.52 Å². The molecule has 0 spiro atoms. The van der Waals surface area contributed by atoms with E-state index in [0.29, 0.717) is 41.4 Å². The van der Waals surface area contributed by atoms with Crippen LogP contribution in [-0.4, -0.2) is 32.5 Å². The number of carbonyl (C=O) groups excluding carboxylic acids is 2. The Kier molecular flexibility index (Phi) is 4.92. The van der Waals surface area contributed by atoms with Crippen LogP contribution >= 0.6 is 0 Å². The molecule has 0 saturated carbocycles. The van der Waals surface area contributed by atoms with E-state index in [1.54, 1.807) is 0 Å². The number of aromatic nitrogens is 3. The van der Waals surface area contributed by atoms with Gasteiger partial charge in [0.2, 0.25) is 5.91 Å². The summed E-state index contributed by atoms with van der Waals surface area (Å²) in [5.41, 5.74) is 7.37. The van der Waals surface area contributed by atoms with Crippen molar-refractivity contribution in [1.82, 2.24) is 15.1 Å². The largest absolute Gasteiger partial charge is 0.360 e. The summed E-state index contributed by atoms with van der Waals surface area (Å²) in [7, 11) is 0. The Morgan fingerprint density at radius 1 is 1.19 bits per heavy atom. The molecule has 0 fully saturated rings.